The van der Waals surface area contributed by atoms with Crippen molar-refractivity contribution in [2.24, 2.45) is 0 Å². The number of hydrogen-bond acceptors (Lipinski definition) is 3. The van der Waals surface area contributed by atoms with E-state index in [1.165, 1.54) is 6.07 Å². The Balaban J connectivity index is 3.21. The van der Waals surface area contributed by atoms with Gasteiger partial charge in [0, 0.05) is 12.2 Å². The molecule has 0 aliphatic heterocycles. The predicted octanol–water partition coefficient (Wildman–Crippen LogP) is 2.64. The molecule has 110 valence electrons. The zero-order valence-electron chi connectivity index (χ0n) is 10.2. The first kappa shape index (κ1) is 16.2. The van der Waals surface area contributed by atoms with Gasteiger partial charge in [0.2, 0.25) is 0 Å². The van der Waals surface area contributed by atoms with Gasteiger partial charge >= 0.3 is 6.18 Å². The fourth-order valence-electron chi connectivity index (χ4n) is 1.67. The molecular formula is C12H11F5N2O. The van der Waals surface area contributed by atoms with Gasteiger partial charge in [-0.3, -0.25) is 0 Å². The molecule has 0 aromatic heterocycles. The van der Waals surface area contributed by atoms with Crippen molar-refractivity contribution in [3.05, 3.63) is 29.3 Å². The largest absolute Gasteiger partial charge is 0.417 e. The molecule has 0 saturated heterocycles. The Kier molecular flexibility index (Phi) is 5.27. The van der Waals surface area contributed by atoms with Gasteiger partial charge in [-0.1, -0.05) is 0 Å². The second-order valence-electron chi connectivity index (χ2n) is 3.90. The number of halogens is 5. The molecule has 0 saturated carbocycles. The molecule has 0 unspecified atom stereocenters. The van der Waals surface area contributed by atoms with Gasteiger partial charge in [0.15, 0.2) is 0 Å². The lowest BCUT2D eigenvalue weighted by atomic mass is 10.1. The van der Waals surface area contributed by atoms with Crippen LogP contribution in [-0.4, -0.2) is 31.2 Å². The minimum Gasteiger partial charge on any atom is -0.395 e. The van der Waals surface area contributed by atoms with E-state index in [1.807, 2.05) is 0 Å². The minimum absolute atomic E-state index is 0.120. The van der Waals surface area contributed by atoms with Crippen molar-refractivity contribution in [3.8, 4) is 6.07 Å². The molecule has 0 radical (unpaired) electrons. The number of anilines is 1. The van der Waals surface area contributed by atoms with E-state index >= 15 is 0 Å². The van der Waals surface area contributed by atoms with Gasteiger partial charge in [0.25, 0.3) is 6.43 Å². The van der Waals surface area contributed by atoms with E-state index in [1.54, 1.807) is 0 Å². The van der Waals surface area contributed by atoms with Crippen molar-refractivity contribution in [2.45, 2.75) is 12.6 Å². The summed E-state index contributed by atoms with van der Waals surface area (Å²) < 4.78 is 63.0. The average Bonchev–Trinajstić information content (AvgIpc) is 2.36. The van der Waals surface area contributed by atoms with Crippen molar-refractivity contribution in [1.29, 1.82) is 5.26 Å². The lowest BCUT2D eigenvalue weighted by Crippen LogP contribution is -2.31. The molecule has 0 heterocycles. The summed E-state index contributed by atoms with van der Waals surface area (Å²) in [5.41, 5.74) is -1.89. The zero-order chi connectivity index (χ0) is 15.3. The number of nitrogens with zero attached hydrogens (tertiary/aromatic N) is 2. The summed E-state index contributed by atoms with van der Waals surface area (Å²) in [6, 6.07) is 4.11. The second-order valence-corrected chi connectivity index (χ2v) is 3.90. The van der Waals surface area contributed by atoms with Crippen molar-refractivity contribution in [1.82, 2.24) is 0 Å². The standard InChI is InChI=1S/C12H11F5N2O/c13-11(14)7-19(3-4-20)9-2-1-8(6-18)10(5-9)12(15,16)17/h1-2,5,11,20H,3-4,7H2. The SMILES string of the molecule is N#Cc1ccc(N(CCO)CC(F)F)cc1C(F)(F)F. The average molecular weight is 294 g/mol. The smallest absolute Gasteiger partial charge is 0.395 e. The predicted molar refractivity (Wildman–Crippen MR) is 61.5 cm³/mol. The number of alkyl halides is 5. The monoisotopic (exact) mass is 294 g/mol. The molecule has 20 heavy (non-hydrogen) atoms. The first-order valence-corrected chi connectivity index (χ1v) is 5.55. The highest BCUT2D eigenvalue weighted by Crippen LogP contribution is 2.34. The Morgan fingerprint density at radius 3 is 2.40 bits per heavy atom. The number of hydrogen-bond donors (Lipinski definition) is 1. The molecule has 0 spiro atoms. The first-order chi connectivity index (χ1) is 9.29. The number of aliphatic hydroxyl groups excluding tert-OH is 1. The van der Waals surface area contributed by atoms with E-state index in [0.717, 1.165) is 17.0 Å². The zero-order valence-corrected chi connectivity index (χ0v) is 10.2. The first-order valence-electron chi connectivity index (χ1n) is 5.55. The topological polar surface area (TPSA) is 47.3 Å². The minimum atomic E-state index is -4.75. The third-order valence-electron chi connectivity index (χ3n) is 2.52. The quantitative estimate of drug-likeness (QED) is 0.849. The van der Waals surface area contributed by atoms with Gasteiger partial charge in [-0.05, 0) is 18.2 Å². The van der Waals surface area contributed by atoms with Gasteiger partial charge < -0.3 is 10.0 Å². The molecule has 8 heteroatoms. The summed E-state index contributed by atoms with van der Waals surface area (Å²) in [5.74, 6) is 0. The molecular weight excluding hydrogens is 283 g/mol. The molecule has 0 amide bonds. The van der Waals surface area contributed by atoms with E-state index in [0.29, 0.717) is 6.07 Å². The highest BCUT2D eigenvalue weighted by atomic mass is 19.4. The Hall–Kier alpha value is -1.88. The van der Waals surface area contributed by atoms with Gasteiger partial charge in [0.05, 0.1) is 30.3 Å². The maximum absolute atomic E-state index is 12.8. The molecule has 1 rings (SSSR count). The van der Waals surface area contributed by atoms with Crippen LogP contribution in [0.15, 0.2) is 18.2 Å². The number of aliphatic hydroxyl groups is 1. The Morgan fingerprint density at radius 1 is 1.30 bits per heavy atom. The van der Waals surface area contributed by atoms with E-state index in [4.69, 9.17) is 10.4 Å². The summed E-state index contributed by atoms with van der Waals surface area (Å²) in [7, 11) is 0. The molecule has 1 aromatic rings. The van der Waals surface area contributed by atoms with Crippen molar-refractivity contribution < 1.29 is 27.1 Å². The molecule has 0 atom stereocenters. The molecule has 0 aliphatic rings. The van der Waals surface area contributed by atoms with Crippen molar-refractivity contribution in [2.75, 3.05) is 24.6 Å². The highest BCUT2D eigenvalue weighted by molar-refractivity contribution is 5.54. The molecule has 0 fully saturated rings. The van der Waals surface area contributed by atoms with Crippen LogP contribution in [0.3, 0.4) is 0 Å². The van der Waals surface area contributed by atoms with E-state index in [-0.39, 0.29) is 12.2 Å². The van der Waals surface area contributed by atoms with Crippen LogP contribution in [0.4, 0.5) is 27.6 Å². The lowest BCUT2D eigenvalue weighted by Gasteiger charge is -2.24. The summed E-state index contributed by atoms with van der Waals surface area (Å²) in [5, 5.41) is 17.4. The van der Waals surface area contributed by atoms with Crippen molar-refractivity contribution in [3.63, 3.8) is 0 Å². The third-order valence-corrected chi connectivity index (χ3v) is 2.52. The second kappa shape index (κ2) is 6.52. The number of nitriles is 1. The van der Waals surface area contributed by atoms with Gasteiger partial charge in [0.1, 0.15) is 0 Å². The molecule has 0 aliphatic carbocycles. The van der Waals surface area contributed by atoms with Crippen LogP contribution in [0.1, 0.15) is 11.1 Å². The van der Waals surface area contributed by atoms with Gasteiger partial charge in [-0.15, -0.1) is 0 Å². The van der Waals surface area contributed by atoms with Crippen LogP contribution < -0.4 is 4.90 Å². The summed E-state index contributed by atoms with van der Waals surface area (Å²) in [6.45, 7) is -1.51. The summed E-state index contributed by atoms with van der Waals surface area (Å²) >= 11 is 0. The van der Waals surface area contributed by atoms with E-state index in [9.17, 15) is 22.0 Å². The maximum atomic E-state index is 12.8. The maximum Gasteiger partial charge on any atom is 0.417 e. The van der Waals surface area contributed by atoms with Crippen LogP contribution >= 0.6 is 0 Å². The highest BCUT2D eigenvalue weighted by Gasteiger charge is 2.34. The van der Waals surface area contributed by atoms with E-state index in [2.05, 4.69) is 0 Å². The molecule has 1 aromatic carbocycles. The molecule has 1 N–H and O–H groups in total. The third kappa shape index (κ3) is 4.06. The Labute approximate surface area is 111 Å². The Bertz CT molecular complexity index is 496. The van der Waals surface area contributed by atoms with Crippen molar-refractivity contribution >= 4 is 5.69 Å². The van der Waals surface area contributed by atoms with Crippen LogP contribution in [0, 0.1) is 11.3 Å². The number of rotatable bonds is 5. The van der Waals surface area contributed by atoms with Crippen LogP contribution in [-0.2, 0) is 6.18 Å². The van der Waals surface area contributed by atoms with Gasteiger partial charge in [-0.2, -0.15) is 18.4 Å². The van der Waals surface area contributed by atoms with E-state index < -0.39 is 36.9 Å². The molecule has 3 nitrogen and oxygen atoms in total. The summed E-state index contributed by atoms with van der Waals surface area (Å²) in [6.07, 6.45) is -7.51. The van der Waals surface area contributed by atoms with Crippen LogP contribution in [0.25, 0.3) is 0 Å². The number of benzene rings is 1. The fourth-order valence-corrected chi connectivity index (χ4v) is 1.67. The Morgan fingerprint density at radius 2 is 1.95 bits per heavy atom. The fraction of sp³-hybridized carbons (Fsp3) is 0.417. The molecule has 0 bridgehead atoms. The van der Waals surface area contributed by atoms with Crippen LogP contribution in [0.2, 0.25) is 0 Å². The lowest BCUT2D eigenvalue weighted by molar-refractivity contribution is -0.137. The van der Waals surface area contributed by atoms with Gasteiger partial charge in [-0.25, -0.2) is 8.78 Å². The normalized spacial score (nSPS) is 11.5. The van der Waals surface area contributed by atoms with Crippen LogP contribution in [0.5, 0.6) is 0 Å². The summed E-state index contributed by atoms with van der Waals surface area (Å²) in [4.78, 5) is 0.932.